The highest BCUT2D eigenvalue weighted by molar-refractivity contribution is 6.31. The molecule has 0 aliphatic carbocycles. The molecular weight excluding hydrogens is 288 g/mol. The molecule has 0 aliphatic rings. The molecule has 0 unspecified atom stereocenters. The summed E-state index contributed by atoms with van der Waals surface area (Å²) in [6.07, 6.45) is 0.862. The summed E-state index contributed by atoms with van der Waals surface area (Å²) in [4.78, 5) is 0. The molecule has 0 aliphatic heterocycles. The average Bonchev–Trinajstić information content (AvgIpc) is 2.81. The Hall–Kier alpha value is -2.19. The topological polar surface area (TPSA) is 76.9 Å². The van der Waals surface area contributed by atoms with Crippen LogP contribution in [0.4, 0.5) is 5.82 Å². The largest absolute Gasteiger partial charge is 0.471 e. The Kier molecular flexibility index (Phi) is 4.71. The van der Waals surface area contributed by atoms with Gasteiger partial charge in [-0.3, -0.25) is 0 Å². The Balaban J connectivity index is 2.25. The highest BCUT2D eigenvalue weighted by atomic mass is 35.5. The minimum atomic E-state index is 0.106. The number of halogens is 1. The lowest BCUT2D eigenvalue weighted by molar-refractivity contribution is 0.286. The van der Waals surface area contributed by atoms with E-state index in [1.807, 2.05) is 38.1 Å². The van der Waals surface area contributed by atoms with Gasteiger partial charge in [-0.05, 0) is 19.4 Å². The van der Waals surface area contributed by atoms with Crippen molar-refractivity contribution in [1.29, 1.82) is 5.26 Å². The second kappa shape index (κ2) is 6.51. The van der Waals surface area contributed by atoms with Crippen molar-refractivity contribution in [1.82, 2.24) is 9.78 Å². The molecule has 0 amide bonds. The minimum absolute atomic E-state index is 0.106. The number of nitrogens with zero attached hydrogens (tertiary/aromatic N) is 3. The number of nitrogen functional groups attached to an aromatic ring is 1. The number of benzene rings is 1. The van der Waals surface area contributed by atoms with Crippen LogP contribution in [0.5, 0.6) is 5.88 Å². The number of aromatic nitrogens is 2. The smallest absolute Gasteiger partial charge is 0.253 e. The maximum atomic E-state index is 9.23. The van der Waals surface area contributed by atoms with Crippen LogP contribution < -0.4 is 10.5 Å². The Morgan fingerprint density at radius 3 is 2.81 bits per heavy atom. The summed E-state index contributed by atoms with van der Waals surface area (Å²) < 4.78 is 7.26. The molecule has 0 radical (unpaired) electrons. The van der Waals surface area contributed by atoms with E-state index in [0.29, 0.717) is 10.8 Å². The highest BCUT2D eigenvalue weighted by Gasteiger charge is 2.19. The van der Waals surface area contributed by atoms with Crippen LogP contribution in [0, 0.1) is 11.3 Å². The van der Waals surface area contributed by atoms with Gasteiger partial charge in [-0.2, -0.15) is 5.26 Å². The first kappa shape index (κ1) is 15.2. The van der Waals surface area contributed by atoms with E-state index in [2.05, 4.69) is 5.10 Å². The van der Waals surface area contributed by atoms with Crippen molar-refractivity contribution in [2.75, 3.05) is 5.73 Å². The Labute approximate surface area is 128 Å². The number of hydrogen-bond donors (Lipinski definition) is 1. The van der Waals surface area contributed by atoms with Crippen molar-refractivity contribution >= 4 is 17.4 Å². The molecule has 0 saturated carbocycles. The lowest BCUT2D eigenvalue weighted by Crippen LogP contribution is -2.09. The minimum Gasteiger partial charge on any atom is -0.471 e. The number of rotatable bonds is 5. The van der Waals surface area contributed by atoms with E-state index in [0.717, 1.165) is 12.0 Å². The third-order valence-corrected chi connectivity index (χ3v) is 3.73. The molecule has 0 bridgehead atoms. The first-order chi connectivity index (χ1) is 10.1. The molecule has 2 N–H and O–H groups in total. The highest BCUT2D eigenvalue weighted by Crippen LogP contribution is 2.28. The van der Waals surface area contributed by atoms with E-state index in [4.69, 9.17) is 22.1 Å². The van der Waals surface area contributed by atoms with Crippen LogP contribution in [0.3, 0.4) is 0 Å². The van der Waals surface area contributed by atoms with E-state index in [1.54, 1.807) is 10.7 Å². The molecule has 2 rings (SSSR count). The summed E-state index contributed by atoms with van der Waals surface area (Å²) in [5.41, 5.74) is 7.06. The molecule has 1 atom stereocenters. The van der Waals surface area contributed by atoms with Crippen molar-refractivity contribution in [3.8, 4) is 11.9 Å². The quantitative estimate of drug-likeness (QED) is 0.916. The number of nitriles is 1. The molecule has 5 nitrogen and oxygen atoms in total. The van der Waals surface area contributed by atoms with E-state index < -0.39 is 0 Å². The summed E-state index contributed by atoms with van der Waals surface area (Å²) >= 11 is 6.08. The summed E-state index contributed by atoms with van der Waals surface area (Å²) in [5, 5.41) is 14.1. The van der Waals surface area contributed by atoms with E-state index in [-0.39, 0.29) is 24.1 Å². The van der Waals surface area contributed by atoms with Crippen LogP contribution in [0.25, 0.3) is 0 Å². The van der Waals surface area contributed by atoms with Crippen molar-refractivity contribution < 1.29 is 4.74 Å². The SMILES string of the molecule is CC[C@@H](C)n1nc(OCc2ccccc2Cl)c(C#N)c1N. The molecule has 0 fully saturated rings. The van der Waals surface area contributed by atoms with Crippen LogP contribution in [0.2, 0.25) is 5.02 Å². The fourth-order valence-electron chi connectivity index (χ4n) is 1.90. The summed E-state index contributed by atoms with van der Waals surface area (Å²) in [6, 6.07) is 9.53. The molecule has 2 aromatic rings. The Morgan fingerprint density at radius 1 is 1.48 bits per heavy atom. The van der Waals surface area contributed by atoms with Crippen LogP contribution in [-0.4, -0.2) is 9.78 Å². The zero-order valence-corrected chi connectivity index (χ0v) is 12.8. The number of anilines is 1. The van der Waals surface area contributed by atoms with Gasteiger partial charge in [0.2, 0.25) is 0 Å². The zero-order chi connectivity index (χ0) is 15.4. The van der Waals surface area contributed by atoms with Gasteiger partial charge in [-0.25, -0.2) is 4.68 Å². The van der Waals surface area contributed by atoms with Gasteiger partial charge in [0.05, 0.1) is 6.04 Å². The van der Waals surface area contributed by atoms with Crippen LogP contribution in [-0.2, 0) is 6.61 Å². The molecule has 1 heterocycles. The van der Waals surface area contributed by atoms with Gasteiger partial charge in [-0.1, -0.05) is 36.7 Å². The first-order valence-corrected chi connectivity index (χ1v) is 7.10. The Morgan fingerprint density at radius 2 is 2.19 bits per heavy atom. The monoisotopic (exact) mass is 304 g/mol. The van der Waals surface area contributed by atoms with Crippen LogP contribution in [0.1, 0.15) is 37.4 Å². The van der Waals surface area contributed by atoms with Crippen molar-refractivity contribution in [2.45, 2.75) is 32.9 Å². The van der Waals surface area contributed by atoms with Gasteiger partial charge in [0.1, 0.15) is 18.5 Å². The first-order valence-electron chi connectivity index (χ1n) is 6.72. The molecule has 110 valence electrons. The van der Waals surface area contributed by atoms with Crippen LogP contribution >= 0.6 is 11.6 Å². The predicted molar refractivity (Wildman–Crippen MR) is 82.1 cm³/mol. The van der Waals surface area contributed by atoms with Crippen LogP contribution in [0.15, 0.2) is 24.3 Å². The second-order valence-electron chi connectivity index (χ2n) is 4.76. The lowest BCUT2D eigenvalue weighted by atomic mass is 10.2. The maximum absolute atomic E-state index is 9.23. The molecule has 1 aromatic heterocycles. The molecule has 6 heteroatoms. The normalized spacial score (nSPS) is 11.9. The van der Waals surface area contributed by atoms with Crippen molar-refractivity contribution in [2.24, 2.45) is 0 Å². The summed E-state index contributed by atoms with van der Waals surface area (Å²) in [5.74, 6) is 0.580. The van der Waals surface area contributed by atoms with Gasteiger partial charge in [0.15, 0.2) is 5.56 Å². The maximum Gasteiger partial charge on any atom is 0.253 e. The van der Waals surface area contributed by atoms with Gasteiger partial charge in [0.25, 0.3) is 5.88 Å². The lowest BCUT2D eigenvalue weighted by Gasteiger charge is -2.10. The van der Waals surface area contributed by atoms with E-state index in [1.165, 1.54) is 0 Å². The van der Waals surface area contributed by atoms with Gasteiger partial charge in [0, 0.05) is 10.6 Å². The standard InChI is InChI=1S/C15H17ClN4O/c1-3-10(2)20-14(18)12(8-17)15(19-20)21-9-11-6-4-5-7-13(11)16/h4-7,10H,3,9,18H2,1-2H3/t10-/m1/s1. The van der Waals surface area contributed by atoms with Crippen molar-refractivity contribution in [3.05, 3.63) is 40.4 Å². The average molecular weight is 305 g/mol. The zero-order valence-electron chi connectivity index (χ0n) is 12.0. The van der Waals surface area contributed by atoms with E-state index in [9.17, 15) is 5.26 Å². The Bertz CT molecular complexity index is 675. The number of nitrogens with two attached hydrogens (primary N) is 1. The number of hydrogen-bond acceptors (Lipinski definition) is 4. The third-order valence-electron chi connectivity index (χ3n) is 3.36. The molecule has 1 aromatic carbocycles. The predicted octanol–water partition coefficient (Wildman–Crippen LogP) is 3.54. The number of ether oxygens (including phenoxy) is 1. The van der Waals surface area contributed by atoms with Crippen molar-refractivity contribution in [3.63, 3.8) is 0 Å². The summed E-state index contributed by atoms with van der Waals surface area (Å²) in [7, 11) is 0. The van der Waals surface area contributed by atoms with Gasteiger partial charge >= 0.3 is 0 Å². The van der Waals surface area contributed by atoms with Gasteiger partial charge in [-0.15, -0.1) is 5.10 Å². The molecular formula is C15H17ClN4O. The summed E-state index contributed by atoms with van der Waals surface area (Å²) in [6.45, 7) is 4.26. The van der Waals surface area contributed by atoms with E-state index >= 15 is 0 Å². The fraction of sp³-hybridized carbons (Fsp3) is 0.333. The van der Waals surface area contributed by atoms with Gasteiger partial charge < -0.3 is 10.5 Å². The molecule has 0 saturated heterocycles. The second-order valence-corrected chi connectivity index (χ2v) is 5.17. The third kappa shape index (κ3) is 3.11. The molecule has 0 spiro atoms. The molecule has 21 heavy (non-hydrogen) atoms. The fourth-order valence-corrected chi connectivity index (χ4v) is 2.09.